The first-order chi connectivity index (χ1) is 12.5. The highest BCUT2D eigenvalue weighted by molar-refractivity contribution is 5.92. The van der Waals surface area contributed by atoms with Crippen molar-refractivity contribution in [1.82, 2.24) is 15.0 Å². The van der Waals surface area contributed by atoms with Crippen molar-refractivity contribution in [1.29, 1.82) is 0 Å². The molecule has 0 atom stereocenters. The number of ether oxygens (including phenoxy) is 1. The Balaban J connectivity index is 1.63. The summed E-state index contributed by atoms with van der Waals surface area (Å²) in [4.78, 5) is 18.3. The molecule has 2 heterocycles. The normalized spacial score (nSPS) is 10.6. The molecule has 0 aliphatic heterocycles. The van der Waals surface area contributed by atoms with Gasteiger partial charge in [0.05, 0.1) is 12.2 Å². The van der Waals surface area contributed by atoms with Gasteiger partial charge in [0, 0.05) is 19.3 Å². The molecule has 6 heteroatoms. The molecule has 26 heavy (non-hydrogen) atoms. The van der Waals surface area contributed by atoms with Gasteiger partial charge in [0.15, 0.2) is 11.5 Å². The van der Waals surface area contributed by atoms with Gasteiger partial charge in [-0.3, -0.25) is 9.78 Å². The van der Waals surface area contributed by atoms with E-state index >= 15 is 0 Å². The summed E-state index contributed by atoms with van der Waals surface area (Å²) in [6.07, 6.45) is 1.70. The Hall–Kier alpha value is -3.15. The van der Waals surface area contributed by atoms with Crippen LogP contribution in [0, 0.1) is 13.8 Å². The Morgan fingerprint density at radius 2 is 1.92 bits per heavy atom. The van der Waals surface area contributed by atoms with E-state index in [1.807, 2.05) is 50.2 Å². The molecule has 6 nitrogen and oxygen atoms in total. The molecule has 0 aliphatic carbocycles. The van der Waals surface area contributed by atoms with E-state index in [9.17, 15) is 4.79 Å². The highest BCUT2D eigenvalue weighted by atomic mass is 16.5. The zero-order valence-corrected chi connectivity index (χ0v) is 15.1. The lowest BCUT2D eigenvalue weighted by Crippen LogP contribution is -2.26. The molecule has 0 aliphatic rings. The van der Waals surface area contributed by atoms with Crippen LogP contribution in [0.3, 0.4) is 0 Å². The second-order valence-electron chi connectivity index (χ2n) is 6.17. The van der Waals surface area contributed by atoms with Gasteiger partial charge in [-0.1, -0.05) is 29.4 Å². The van der Waals surface area contributed by atoms with Crippen LogP contribution in [0.5, 0.6) is 5.75 Å². The topological polar surface area (TPSA) is 68.5 Å². The van der Waals surface area contributed by atoms with Crippen molar-refractivity contribution in [2.24, 2.45) is 0 Å². The first kappa shape index (κ1) is 17.7. The summed E-state index contributed by atoms with van der Waals surface area (Å²) < 4.78 is 11.1. The van der Waals surface area contributed by atoms with Gasteiger partial charge in [-0.05, 0) is 37.1 Å². The largest absolute Gasteiger partial charge is 0.485 e. The zero-order valence-electron chi connectivity index (χ0n) is 15.1. The van der Waals surface area contributed by atoms with Gasteiger partial charge in [0.2, 0.25) is 0 Å². The van der Waals surface area contributed by atoms with Crippen molar-refractivity contribution in [2.45, 2.75) is 27.0 Å². The molecular weight excluding hydrogens is 330 g/mol. The lowest BCUT2D eigenvalue weighted by molar-refractivity contribution is 0.0772. The predicted octanol–water partition coefficient (Wildman–Crippen LogP) is 3.54. The number of rotatable bonds is 6. The third-order valence-electron chi connectivity index (χ3n) is 4.02. The predicted molar refractivity (Wildman–Crippen MR) is 96.8 cm³/mol. The lowest BCUT2D eigenvalue weighted by Gasteiger charge is -2.14. The fraction of sp³-hybridized carbons (Fsp3) is 0.250. The highest BCUT2D eigenvalue weighted by Crippen LogP contribution is 2.23. The maximum atomic E-state index is 12.5. The van der Waals surface area contributed by atoms with Crippen LogP contribution >= 0.6 is 0 Å². The molecule has 0 saturated carbocycles. The van der Waals surface area contributed by atoms with Gasteiger partial charge in [-0.2, -0.15) is 0 Å². The van der Waals surface area contributed by atoms with Gasteiger partial charge in [-0.15, -0.1) is 0 Å². The van der Waals surface area contributed by atoms with Crippen molar-refractivity contribution in [3.63, 3.8) is 0 Å². The molecule has 1 amide bonds. The van der Waals surface area contributed by atoms with Crippen molar-refractivity contribution < 1.29 is 14.1 Å². The molecule has 0 N–H and O–H groups in total. The van der Waals surface area contributed by atoms with E-state index in [1.165, 1.54) is 0 Å². The number of amides is 1. The van der Waals surface area contributed by atoms with Crippen LogP contribution in [-0.2, 0) is 13.2 Å². The number of nitrogens with zero attached hydrogens (tertiary/aromatic N) is 3. The smallest absolute Gasteiger partial charge is 0.276 e. The average Bonchev–Trinajstić information content (AvgIpc) is 3.10. The van der Waals surface area contributed by atoms with Crippen LogP contribution in [0.15, 0.2) is 53.2 Å². The van der Waals surface area contributed by atoms with Crippen molar-refractivity contribution in [3.05, 3.63) is 76.9 Å². The van der Waals surface area contributed by atoms with Crippen LogP contribution in [-0.4, -0.2) is 28.0 Å². The number of aryl methyl sites for hydroxylation is 2. The standard InChI is InChI=1S/C20H21N3O3/c1-14-7-6-8-15(2)19(14)25-13-17-11-18(22-26-17)20(24)23(3)12-16-9-4-5-10-21-16/h4-11H,12-13H2,1-3H3. The summed E-state index contributed by atoms with van der Waals surface area (Å²) in [7, 11) is 1.71. The van der Waals surface area contributed by atoms with E-state index in [-0.39, 0.29) is 18.2 Å². The van der Waals surface area contributed by atoms with Crippen LogP contribution in [0.25, 0.3) is 0 Å². The SMILES string of the molecule is Cc1cccc(C)c1OCc1cc(C(=O)N(C)Cc2ccccn2)no1. The Morgan fingerprint density at radius 3 is 2.62 bits per heavy atom. The second-order valence-corrected chi connectivity index (χ2v) is 6.17. The number of hydrogen-bond acceptors (Lipinski definition) is 5. The number of carbonyl (C=O) groups excluding carboxylic acids is 1. The number of benzene rings is 1. The molecule has 0 bridgehead atoms. The molecule has 134 valence electrons. The van der Waals surface area contributed by atoms with Crippen LogP contribution in [0.4, 0.5) is 0 Å². The Morgan fingerprint density at radius 1 is 1.15 bits per heavy atom. The Labute approximate surface area is 152 Å². The number of carbonyl (C=O) groups is 1. The maximum Gasteiger partial charge on any atom is 0.276 e. The zero-order chi connectivity index (χ0) is 18.5. The number of hydrogen-bond donors (Lipinski definition) is 0. The Bertz CT molecular complexity index is 870. The molecule has 0 spiro atoms. The number of para-hydroxylation sites is 1. The fourth-order valence-corrected chi connectivity index (χ4v) is 2.65. The Kier molecular flexibility index (Phi) is 5.31. The molecular formula is C20H21N3O3. The second kappa shape index (κ2) is 7.82. The first-order valence-electron chi connectivity index (χ1n) is 8.34. The third-order valence-corrected chi connectivity index (χ3v) is 4.02. The highest BCUT2D eigenvalue weighted by Gasteiger charge is 2.18. The quantitative estimate of drug-likeness (QED) is 0.679. The van der Waals surface area contributed by atoms with Crippen molar-refractivity contribution in [3.8, 4) is 5.75 Å². The molecule has 0 fully saturated rings. The summed E-state index contributed by atoms with van der Waals surface area (Å²) in [5.74, 6) is 1.10. The molecule has 0 saturated heterocycles. The van der Waals surface area contributed by atoms with Crippen LogP contribution < -0.4 is 4.74 Å². The van der Waals surface area contributed by atoms with E-state index in [0.29, 0.717) is 12.3 Å². The lowest BCUT2D eigenvalue weighted by atomic mass is 10.1. The number of aromatic nitrogens is 2. The average molecular weight is 351 g/mol. The van der Waals surface area contributed by atoms with Gasteiger partial charge in [0.1, 0.15) is 12.4 Å². The van der Waals surface area contributed by atoms with Crippen molar-refractivity contribution >= 4 is 5.91 Å². The summed E-state index contributed by atoms with van der Waals surface area (Å²) in [5, 5.41) is 3.87. The summed E-state index contributed by atoms with van der Waals surface area (Å²) in [5.41, 5.74) is 3.17. The van der Waals surface area contributed by atoms with E-state index < -0.39 is 0 Å². The molecule has 3 aromatic rings. The number of pyridine rings is 1. The van der Waals surface area contributed by atoms with E-state index in [2.05, 4.69) is 10.1 Å². The van der Waals surface area contributed by atoms with Gasteiger partial charge in [-0.25, -0.2) is 0 Å². The summed E-state index contributed by atoms with van der Waals surface area (Å²) in [6.45, 7) is 4.60. The minimum absolute atomic E-state index is 0.218. The maximum absolute atomic E-state index is 12.5. The molecule has 0 unspecified atom stereocenters. The molecule has 3 rings (SSSR count). The fourth-order valence-electron chi connectivity index (χ4n) is 2.65. The van der Waals surface area contributed by atoms with E-state index in [0.717, 1.165) is 22.6 Å². The van der Waals surface area contributed by atoms with Gasteiger partial charge in [0.25, 0.3) is 5.91 Å². The van der Waals surface area contributed by atoms with Crippen LogP contribution in [0.2, 0.25) is 0 Å². The summed E-state index contributed by atoms with van der Waals surface area (Å²) in [6, 6.07) is 13.2. The molecule has 2 aromatic heterocycles. The van der Waals surface area contributed by atoms with E-state index in [4.69, 9.17) is 9.26 Å². The minimum atomic E-state index is -0.224. The minimum Gasteiger partial charge on any atom is -0.485 e. The van der Waals surface area contributed by atoms with Crippen LogP contribution in [0.1, 0.15) is 33.1 Å². The van der Waals surface area contributed by atoms with Gasteiger partial charge >= 0.3 is 0 Å². The van der Waals surface area contributed by atoms with Gasteiger partial charge < -0.3 is 14.2 Å². The molecule has 0 radical (unpaired) electrons. The first-order valence-corrected chi connectivity index (χ1v) is 8.34. The third kappa shape index (κ3) is 4.08. The monoisotopic (exact) mass is 351 g/mol. The summed E-state index contributed by atoms with van der Waals surface area (Å²) >= 11 is 0. The van der Waals surface area contributed by atoms with E-state index in [1.54, 1.807) is 24.2 Å². The van der Waals surface area contributed by atoms with Crippen molar-refractivity contribution in [2.75, 3.05) is 7.05 Å². The molecule has 1 aromatic carbocycles.